The standard InChI is InChI=1S/C58H49N/c1-3-18-44-25-13-15-31-53(44)58(52-30-14-10-19-40(52)2)54-32-17-29-49(57(54)51-37-45-26-11-12-27-46(45)38-55(51)58)48-28-16-20-41(35-48)39-59-56-34-33-47(42-21-6-4-7-22-42)36-50(56)43-23-8-5-9-24-43/h4-17,19-33,35-38,56,59H,3,18,34,39H2,1-2H3. The molecule has 0 aromatic heterocycles. The first-order chi connectivity index (χ1) is 29.1. The predicted octanol–water partition coefficient (Wildman–Crippen LogP) is 14.2. The number of nitrogens with one attached hydrogen (secondary N) is 1. The molecular formula is C58H49N. The lowest BCUT2D eigenvalue weighted by atomic mass is 9.64. The van der Waals surface area contributed by atoms with E-state index < -0.39 is 5.41 Å². The number of fused-ring (bicyclic) bond motifs is 4. The quantitative estimate of drug-likeness (QED) is 0.146. The van der Waals surface area contributed by atoms with Crippen LogP contribution in [-0.2, 0) is 18.4 Å². The van der Waals surface area contributed by atoms with Crippen LogP contribution in [-0.4, -0.2) is 6.04 Å². The molecule has 0 aliphatic heterocycles. The molecule has 0 fully saturated rings. The minimum absolute atomic E-state index is 0.201. The summed E-state index contributed by atoms with van der Waals surface area (Å²) in [7, 11) is 0. The van der Waals surface area contributed by atoms with Crippen molar-refractivity contribution in [3.05, 3.63) is 250 Å². The number of benzene rings is 8. The molecule has 10 rings (SSSR count). The van der Waals surface area contributed by atoms with Crippen LogP contribution < -0.4 is 5.32 Å². The summed E-state index contributed by atoms with van der Waals surface area (Å²) in [5.74, 6) is 0. The molecule has 0 amide bonds. The molecule has 2 unspecified atom stereocenters. The summed E-state index contributed by atoms with van der Waals surface area (Å²) in [6.45, 7) is 5.36. The first-order valence-corrected chi connectivity index (χ1v) is 21.3. The third-order valence-electron chi connectivity index (χ3n) is 12.8. The highest BCUT2D eigenvalue weighted by atomic mass is 14.9. The van der Waals surface area contributed by atoms with Crippen LogP contribution in [0.3, 0.4) is 0 Å². The Morgan fingerprint density at radius 2 is 1.19 bits per heavy atom. The van der Waals surface area contributed by atoms with Crippen molar-refractivity contribution >= 4 is 21.9 Å². The monoisotopic (exact) mass is 759 g/mol. The van der Waals surface area contributed by atoms with Crippen LogP contribution in [0.1, 0.15) is 69.8 Å². The highest BCUT2D eigenvalue weighted by Crippen LogP contribution is 2.60. The molecule has 286 valence electrons. The van der Waals surface area contributed by atoms with Crippen molar-refractivity contribution in [2.24, 2.45) is 0 Å². The number of allylic oxidation sites excluding steroid dienone is 2. The van der Waals surface area contributed by atoms with Crippen LogP contribution in [0, 0.1) is 6.92 Å². The first kappa shape index (κ1) is 36.8. The Hall–Kier alpha value is -6.54. The molecule has 2 atom stereocenters. The lowest BCUT2D eigenvalue weighted by Gasteiger charge is -2.37. The van der Waals surface area contributed by atoms with Crippen LogP contribution >= 0.6 is 0 Å². The molecule has 8 aromatic rings. The van der Waals surface area contributed by atoms with Crippen LogP contribution in [0.4, 0.5) is 0 Å². The maximum Gasteiger partial charge on any atom is 0.0719 e. The normalized spacial score (nSPS) is 16.9. The van der Waals surface area contributed by atoms with Crippen LogP contribution in [0.5, 0.6) is 0 Å². The average Bonchev–Trinajstić information content (AvgIpc) is 3.58. The SMILES string of the molecule is CCCc1ccccc1C1(c2ccccc2C)c2cc3ccccc3cc2-c2c(-c3cccc(CNC4CC=C(c5ccccc5)C=C4c4ccccc4)c3)cccc21. The zero-order valence-electron chi connectivity index (χ0n) is 34.0. The minimum Gasteiger partial charge on any atom is -0.306 e. The Labute approximate surface area is 349 Å². The van der Waals surface area contributed by atoms with Crippen molar-refractivity contribution in [2.45, 2.75) is 51.1 Å². The average molecular weight is 760 g/mol. The van der Waals surface area contributed by atoms with E-state index in [0.29, 0.717) is 0 Å². The summed E-state index contributed by atoms with van der Waals surface area (Å²) < 4.78 is 0. The van der Waals surface area contributed by atoms with Crippen molar-refractivity contribution in [2.75, 3.05) is 0 Å². The highest BCUT2D eigenvalue weighted by Gasteiger charge is 2.48. The van der Waals surface area contributed by atoms with E-state index in [0.717, 1.165) is 25.8 Å². The predicted molar refractivity (Wildman–Crippen MR) is 250 cm³/mol. The summed E-state index contributed by atoms with van der Waals surface area (Å²) in [5, 5.41) is 6.54. The van der Waals surface area contributed by atoms with Crippen molar-refractivity contribution in [1.29, 1.82) is 0 Å². The molecule has 1 heteroatoms. The van der Waals surface area contributed by atoms with E-state index in [1.807, 2.05) is 0 Å². The molecule has 1 N–H and O–H groups in total. The zero-order valence-corrected chi connectivity index (χ0v) is 34.0. The molecule has 0 saturated carbocycles. The largest absolute Gasteiger partial charge is 0.306 e. The molecule has 2 aliphatic carbocycles. The van der Waals surface area contributed by atoms with Gasteiger partial charge in [-0.15, -0.1) is 0 Å². The van der Waals surface area contributed by atoms with E-state index in [1.54, 1.807) is 0 Å². The van der Waals surface area contributed by atoms with E-state index in [1.165, 1.54) is 94.2 Å². The molecule has 59 heavy (non-hydrogen) atoms. The van der Waals surface area contributed by atoms with Gasteiger partial charge in [0.05, 0.1) is 5.41 Å². The highest BCUT2D eigenvalue weighted by molar-refractivity contribution is 6.01. The Kier molecular flexibility index (Phi) is 9.76. The van der Waals surface area contributed by atoms with Gasteiger partial charge in [-0.25, -0.2) is 0 Å². The number of rotatable bonds is 10. The number of aryl methyl sites for hydroxylation is 2. The minimum atomic E-state index is -0.478. The Balaban J connectivity index is 1.10. The molecule has 2 aliphatic rings. The van der Waals surface area contributed by atoms with Gasteiger partial charge in [-0.3, -0.25) is 0 Å². The number of hydrogen-bond donors (Lipinski definition) is 1. The van der Waals surface area contributed by atoms with Gasteiger partial charge in [-0.1, -0.05) is 189 Å². The molecule has 0 radical (unpaired) electrons. The van der Waals surface area contributed by atoms with Crippen molar-refractivity contribution < 1.29 is 0 Å². The van der Waals surface area contributed by atoms with E-state index in [-0.39, 0.29) is 6.04 Å². The van der Waals surface area contributed by atoms with Crippen molar-refractivity contribution in [3.8, 4) is 22.3 Å². The van der Waals surface area contributed by atoms with Gasteiger partial charge in [0.2, 0.25) is 0 Å². The van der Waals surface area contributed by atoms with E-state index in [4.69, 9.17) is 0 Å². The fourth-order valence-electron chi connectivity index (χ4n) is 10.1. The Bertz CT molecular complexity index is 2880. The van der Waals surface area contributed by atoms with Gasteiger partial charge >= 0.3 is 0 Å². The van der Waals surface area contributed by atoms with Gasteiger partial charge in [0.15, 0.2) is 0 Å². The Morgan fingerprint density at radius 3 is 1.97 bits per heavy atom. The van der Waals surface area contributed by atoms with E-state index in [9.17, 15) is 0 Å². The maximum atomic E-state index is 3.99. The van der Waals surface area contributed by atoms with Crippen molar-refractivity contribution in [1.82, 2.24) is 5.32 Å². The third-order valence-corrected chi connectivity index (χ3v) is 12.8. The van der Waals surface area contributed by atoms with Crippen LogP contribution in [0.25, 0.3) is 44.2 Å². The van der Waals surface area contributed by atoms with E-state index in [2.05, 4.69) is 219 Å². The molecule has 1 nitrogen and oxygen atoms in total. The molecule has 0 spiro atoms. The van der Waals surface area contributed by atoms with E-state index >= 15 is 0 Å². The smallest absolute Gasteiger partial charge is 0.0719 e. The van der Waals surface area contributed by atoms with Gasteiger partial charge in [0, 0.05) is 12.6 Å². The molecule has 0 bridgehead atoms. The summed E-state index contributed by atoms with van der Waals surface area (Å²) >= 11 is 0. The lowest BCUT2D eigenvalue weighted by Crippen LogP contribution is -2.31. The fourth-order valence-corrected chi connectivity index (χ4v) is 10.1. The maximum absolute atomic E-state index is 3.99. The fraction of sp³-hybridized carbons (Fsp3) is 0.138. The van der Waals surface area contributed by atoms with Gasteiger partial charge < -0.3 is 5.32 Å². The van der Waals surface area contributed by atoms with Gasteiger partial charge in [-0.2, -0.15) is 0 Å². The van der Waals surface area contributed by atoms with Gasteiger partial charge in [0.1, 0.15) is 0 Å². The summed E-state index contributed by atoms with van der Waals surface area (Å²) in [6.07, 6.45) is 7.83. The van der Waals surface area contributed by atoms with Gasteiger partial charge in [0.25, 0.3) is 0 Å². The molecule has 0 saturated heterocycles. The second-order valence-corrected chi connectivity index (χ2v) is 16.3. The van der Waals surface area contributed by atoms with Gasteiger partial charge in [-0.05, 0) is 138 Å². The summed E-state index contributed by atoms with van der Waals surface area (Å²) in [4.78, 5) is 0. The topological polar surface area (TPSA) is 12.0 Å². The zero-order chi connectivity index (χ0) is 39.8. The lowest BCUT2D eigenvalue weighted by molar-refractivity contribution is 0.608. The second-order valence-electron chi connectivity index (χ2n) is 16.3. The summed E-state index contributed by atoms with van der Waals surface area (Å²) in [5.41, 5.74) is 19.3. The molecular weight excluding hydrogens is 711 g/mol. The summed E-state index contributed by atoms with van der Waals surface area (Å²) in [6, 6.07) is 70.3. The van der Waals surface area contributed by atoms with Crippen LogP contribution in [0.2, 0.25) is 0 Å². The molecule has 0 heterocycles. The Morgan fingerprint density at radius 1 is 0.542 bits per heavy atom. The van der Waals surface area contributed by atoms with Crippen LogP contribution in [0.15, 0.2) is 200 Å². The second kappa shape index (κ2) is 15.7. The number of hydrogen-bond acceptors (Lipinski definition) is 1. The third kappa shape index (κ3) is 6.47. The van der Waals surface area contributed by atoms with Crippen molar-refractivity contribution in [3.63, 3.8) is 0 Å². The molecule has 8 aromatic carbocycles. The first-order valence-electron chi connectivity index (χ1n) is 21.3.